The lowest BCUT2D eigenvalue weighted by Crippen LogP contribution is -2.90. The summed E-state index contributed by atoms with van der Waals surface area (Å²) in [6.07, 6.45) is 3.31. The third-order valence-electron chi connectivity index (χ3n) is 11.0. The van der Waals surface area contributed by atoms with Crippen LogP contribution in [0.4, 0.5) is 0 Å². The second-order valence-corrected chi connectivity index (χ2v) is 21.6. The number of aromatic nitrogens is 1. The summed E-state index contributed by atoms with van der Waals surface area (Å²) in [5.41, 5.74) is 1.83. The first kappa shape index (κ1) is 33.7. The summed E-state index contributed by atoms with van der Waals surface area (Å²) in [5, 5.41) is 30.7. The van der Waals surface area contributed by atoms with Crippen molar-refractivity contribution in [2.45, 2.75) is 32.2 Å². The lowest BCUT2D eigenvalue weighted by atomic mass is 10.2. The lowest BCUT2D eigenvalue weighted by molar-refractivity contribution is 0.356. The van der Waals surface area contributed by atoms with Gasteiger partial charge >= 0.3 is 0 Å². The molecule has 7 aromatic rings. The molecule has 1 aromatic heterocycles. The molecule has 1 aliphatic rings. The van der Waals surface area contributed by atoms with E-state index < -0.39 is 16.5 Å². The first-order valence-corrected chi connectivity index (χ1v) is 22.3. The molecule has 52 heavy (non-hydrogen) atoms. The molecule has 0 atom stereocenters. The number of hydrogen-bond donors (Lipinski definition) is 2. The average molecular weight is 713 g/mol. The molecule has 0 fully saturated rings. The summed E-state index contributed by atoms with van der Waals surface area (Å²) >= 11 is 0. The van der Waals surface area contributed by atoms with Gasteiger partial charge in [0.2, 0.25) is 16.5 Å². The van der Waals surface area contributed by atoms with E-state index in [1.54, 1.807) is 4.57 Å². The van der Waals surface area contributed by atoms with Gasteiger partial charge in [-0.25, -0.2) is 0 Å². The van der Waals surface area contributed by atoms with Crippen molar-refractivity contribution < 1.29 is 10.2 Å². The van der Waals surface area contributed by atoms with Crippen molar-refractivity contribution in [3.05, 3.63) is 193 Å². The minimum atomic E-state index is -3.14. The van der Waals surface area contributed by atoms with Crippen LogP contribution in [0, 0.1) is 0 Å². The van der Waals surface area contributed by atoms with Gasteiger partial charge in [-0.05, 0) is 63.3 Å². The van der Waals surface area contributed by atoms with Crippen molar-refractivity contribution in [3.63, 3.8) is 0 Å². The summed E-state index contributed by atoms with van der Waals surface area (Å²) < 4.78 is 4.74. The van der Waals surface area contributed by atoms with E-state index in [0.717, 1.165) is 43.4 Å². The van der Waals surface area contributed by atoms with Crippen LogP contribution in [0.2, 0.25) is 0 Å². The quantitative estimate of drug-likeness (QED) is 0.132. The van der Waals surface area contributed by atoms with Gasteiger partial charge in [0.15, 0.2) is 11.8 Å². The third-order valence-corrected chi connectivity index (χ3v) is 22.1. The molecule has 4 nitrogen and oxygen atoms in total. The van der Waals surface area contributed by atoms with Gasteiger partial charge in [0.1, 0.15) is 0 Å². The van der Waals surface area contributed by atoms with Gasteiger partial charge in [0.05, 0.1) is 0 Å². The van der Waals surface area contributed by atoms with Crippen LogP contribution >= 0.6 is 0 Å². The van der Waals surface area contributed by atoms with Crippen LogP contribution in [0.15, 0.2) is 182 Å². The molecule has 0 amide bonds. The highest BCUT2D eigenvalue weighted by molar-refractivity contribution is 7.22. The monoisotopic (exact) mass is 712 g/mol. The molecule has 0 bridgehead atoms. The molecule has 258 valence electrons. The standard InChI is InChI=1S/C46H44N2O2Si2/c49-45-43-33-19-34-44(43)46(50)47(45)35-20-36-48(51(37-21-7-1-8-22-37,38-23-9-2-10-24-38)39-25-11-3-12-26-39)52(40-27-13-4-14-28-40,41-29-15-5-16-30-41)42-31-17-6-18-32-42/h1-18,21-32,49-50H,19-20,33-36H2. The highest BCUT2D eigenvalue weighted by Crippen LogP contribution is 2.40. The summed E-state index contributed by atoms with van der Waals surface area (Å²) in [6, 6.07) is 67.1. The molecule has 6 heteroatoms. The number of benzene rings is 6. The zero-order chi connectivity index (χ0) is 35.4. The predicted octanol–water partition coefficient (Wildman–Crippen LogP) is 5.41. The molecular weight excluding hydrogens is 669 g/mol. The molecule has 1 heterocycles. The smallest absolute Gasteiger partial charge is 0.219 e. The van der Waals surface area contributed by atoms with E-state index in [9.17, 15) is 10.2 Å². The summed E-state index contributed by atoms with van der Waals surface area (Å²) in [6.45, 7) is 1.23. The van der Waals surface area contributed by atoms with Crippen LogP contribution in [0.5, 0.6) is 11.8 Å². The zero-order valence-electron chi connectivity index (χ0n) is 29.4. The molecule has 6 aromatic carbocycles. The molecule has 1 aliphatic carbocycles. The van der Waals surface area contributed by atoms with E-state index in [-0.39, 0.29) is 11.8 Å². The average Bonchev–Trinajstić information content (AvgIpc) is 3.80. The maximum atomic E-state index is 11.4. The van der Waals surface area contributed by atoms with Gasteiger partial charge < -0.3 is 14.4 Å². The highest BCUT2D eigenvalue weighted by atomic mass is 28.4. The molecule has 0 spiro atoms. The van der Waals surface area contributed by atoms with Gasteiger partial charge in [-0.1, -0.05) is 182 Å². The summed E-state index contributed by atoms with van der Waals surface area (Å²) in [5.74, 6) is 0.457. The van der Waals surface area contributed by atoms with Gasteiger partial charge in [0, 0.05) is 17.7 Å². The van der Waals surface area contributed by atoms with Crippen LogP contribution < -0.4 is 31.1 Å². The Balaban J connectivity index is 1.47. The Labute approximate surface area is 309 Å². The normalized spacial score (nSPS) is 12.9. The summed E-state index contributed by atoms with van der Waals surface area (Å²) in [4.78, 5) is 0. The summed E-state index contributed by atoms with van der Waals surface area (Å²) in [7, 11) is -6.29. The van der Waals surface area contributed by atoms with Gasteiger partial charge in [-0.2, -0.15) is 0 Å². The topological polar surface area (TPSA) is 48.6 Å². The van der Waals surface area contributed by atoms with E-state index in [1.165, 1.54) is 31.1 Å². The van der Waals surface area contributed by atoms with Crippen molar-refractivity contribution in [1.29, 1.82) is 0 Å². The van der Waals surface area contributed by atoms with E-state index in [0.29, 0.717) is 6.54 Å². The lowest BCUT2D eigenvalue weighted by Gasteiger charge is -2.54. The van der Waals surface area contributed by atoms with Crippen LogP contribution in [0.25, 0.3) is 0 Å². The van der Waals surface area contributed by atoms with Crippen LogP contribution in [0.3, 0.4) is 0 Å². The van der Waals surface area contributed by atoms with Crippen LogP contribution in [-0.2, 0) is 19.4 Å². The van der Waals surface area contributed by atoms with E-state index in [2.05, 4.69) is 186 Å². The van der Waals surface area contributed by atoms with Gasteiger partial charge in [-0.15, -0.1) is 0 Å². The number of fused-ring (bicyclic) bond motifs is 1. The van der Waals surface area contributed by atoms with Crippen molar-refractivity contribution in [2.24, 2.45) is 0 Å². The van der Waals surface area contributed by atoms with Crippen molar-refractivity contribution in [3.8, 4) is 11.8 Å². The van der Waals surface area contributed by atoms with Gasteiger partial charge in [0.25, 0.3) is 0 Å². The Bertz CT molecular complexity index is 1870. The third kappa shape index (κ3) is 5.64. The molecule has 0 saturated carbocycles. The van der Waals surface area contributed by atoms with Crippen molar-refractivity contribution in [1.82, 2.24) is 8.80 Å². The number of nitrogens with zero attached hydrogens (tertiary/aromatic N) is 2. The second-order valence-electron chi connectivity index (χ2n) is 13.7. The maximum Gasteiger partial charge on any atom is 0.219 e. The van der Waals surface area contributed by atoms with E-state index >= 15 is 0 Å². The molecule has 2 N–H and O–H groups in total. The second kappa shape index (κ2) is 14.7. The van der Waals surface area contributed by atoms with Crippen molar-refractivity contribution in [2.75, 3.05) is 6.54 Å². The Morgan fingerprint density at radius 2 is 0.692 bits per heavy atom. The van der Waals surface area contributed by atoms with Crippen molar-refractivity contribution >= 4 is 47.6 Å². The minimum Gasteiger partial charge on any atom is -0.494 e. The number of rotatable bonds is 12. The van der Waals surface area contributed by atoms with Crippen LogP contribution in [-0.4, -0.2) is 42.0 Å². The molecule has 0 unspecified atom stereocenters. The zero-order valence-corrected chi connectivity index (χ0v) is 31.4. The SMILES string of the molecule is Oc1c2c(c(O)n1CCCN([Si](c1ccccc1)(c1ccccc1)c1ccccc1)[Si](c1ccccc1)(c1ccccc1)c1ccccc1)CCC2. The first-order chi connectivity index (χ1) is 25.7. The van der Waals surface area contributed by atoms with E-state index in [1.807, 2.05) is 0 Å². The number of aromatic hydroxyl groups is 2. The fourth-order valence-corrected chi connectivity index (χ4v) is 22.1. The predicted molar refractivity (Wildman–Crippen MR) is 219 cm³/mol. The fourth-order valence-electron chi connectivity index (χ4n) is 8.86. The Kier molecular flexibility index (Phi) is 9.52. The molecule has 0 radical (unpaired) electrons. The largest absolute Gasteiger partial charge is 0.494 e. The van der Waals surface area contributed by atoms with E-state index in [4.69, 9.17) is 0 Å². The number of hydrogen-bond acceptors (Lipinski definition) is 3. The van der Waals surface area contributed by atoms with Crippen LogP contribution in [0.1, 0.15) is 24.0 Å². The molecule has 0 aliphatic heterocycles. The Morgan fingerprint density at radius 1 is 0.423 bits per heavy atom. The fraction of sp³-hybridized carbons (Fsp3) is 0.130. The first-order valence-electron chi connectivity index (χ1n) is 18.4. The molecule has 8 rings (SSSR count). The molecule has 0 saturated heterocycles. The minimum absolute atomic E-state index is 0.229. The Morgan fingerprint density at radius 3 is 0.962 bits per heavy atom. The molecular formula is C46H44N2O2Si2. The van der Waals surface area contributed by atoms with Gasteiger partial charge in [-0.3, -0.25) is 4.57 Å². The Hall–Kier alpha value is -5.41. The maximum absolute atomic E-state index is 11.4. The highest BCUT2D eigenvalue weighted by Gasteiger charge is 2.57.